The summed E-state index contributed by atoms with van der Waals surface area (Å²) in [5, 5.41) is 14.2. The standard InChI is InChI=1S/C34H27NO5P/c1-25-17-22-33(40-34(37)26-18-20-27(21-19-26)35(38)39)31(23-25)32(36)24-41(28-11-5-2-6-12-28,29-13-7-3-8-14-29)30-15-9-4-10-16-30/h2-23H,24H2,1H3/q+1. The Bertz CT molecular complexity index is 1590. The Morgan fingerprint density at radius 3 is 1.66 bits per heavy atom. The van der Waals surface area contributed by atoms with Crippen LogP contribution in [0.5, 0.6) is 5.75 Å². The third-order valence-electron chi connectivity index (χ3n) is 6.92. The van der Waals surface area contributed by atoms with Gasteiger partial charge in [-0.1, -0.05) is 66.2 Å². The number of nitro groups is 1. The van der Waals surface area contributed by atoms with Crippen LogP contribution in [0.4, 0.5) is 5.69 Å². The quantitative estimate of drug-likeness (QED) is 0.0528. The monoisotopic (exact) mass is 560 g/mol. The highest BCUT2D eigenvalue weighted by Gasteiger charge is 2.47. The van der Waals surface area contributed by atoms with Gasteiger partial charge >= 0.3 is 5.97 Å². The van der Waals surface area contributed by atoms with Crippen LogP contribution >= 0.6 is 7.26 Å². The van der Waals surface area contributed by atoms with Crippen molar-refractivity contribution in [1.29, 1.82) is 0 Å². The SMILES string of the molecule is Cc1ccc(OC(=O)c2ccc([N+](=O)[O-])cc2)c(C(=O)C[P+](c2ccccc2)(c2ccccc2)c2ccccc2)c1. The Balaban J connectivity index is 1.58. The second kappa shape index (κ2) is 12.1. The van der Waals surface area contributed by atoms with Crippen molar-refractivity contribution in [2.45, 2.75) is 6.92 Å². The molecule has 0 heterocycles. The summed E-state index contributed by atoms with van der Waals surface area (Å²) in [5.74, 6) is -0.700. The molecular formula is C34H27NO5P+. The van der Waals surface area contributed by atoms with Gasteiger partial charge in [-0.3, -0.25) is 14.9 Å². The summed E-state index contributed by atoms with van der Waals surface area (Å²) in [7, 11) is -2.47. The fraction of sp³-hybridized carbons (Fsp3) is 0.0588. The molecule has 41 heavy (non-hydrogen) atoms. The van der Waals surface area contributed by atoms with Crippen LogP contribution in [0.3, 0.4) is 0 Å². The van der Waals surface area contributed by atoms with Gasteiger partial charge in [-0.15, -0.1) is 0 Å². The molecule has 0 spiro atoms. The predicted octanol–water partition coefficient (Wildman–Crippen LogP) is 6.30. The maximum atomic E-state index is 14.4. The van der Waals surface area contributed by atoms with Crippen LogP contribution in [0.2, 0.25) is 0 Å². The van der Waals surface area contributed by atoms with E-state index < -0.39 is 18.2 Å². The van der Waals surface area contributed by atoms with Crippen molar-refractivity contribution in [1.82, 2.24) is 0 Å². The van der Waals surface area contributed by atoms with Crippen LogP contribution in [-0.4, -0.2) is 22.8 Å². The largest absolute Gasteiger partial charge is 0.422 e. The summed E-state index contributed by atoms with van der Waals surface area (Å²) in [6.07, 6.45) is 0.191. The van der Waals surface area contributed by atoms with Gasteiger partial charge in [-0.05, 0) is 67.6 Å². The molecule has 0 N–H and O–H groups in total. The molecule has 0 amide bonds. The number of carbonyl (C=O) groups is 2. The van der Waals surface area contributed by atoms with Crippen molar-refractivity contribution in [3.05, 3.63) is 160 Å². The van der Waals surface area contributed by atoms with Gasteiger partial charge in [0.05, 0.1) is 16.1 Å². The average Bonchev–Trinajstić information content (AvgIpc) is 3.02. The van der Waals surface area contributed by atoms with Crippen LogP contribution in [0.25, 0.3) is 0 Å². The summed E-state index contributed by atoms with van der Waals surface area (Å²) < 4.78 is 5.72. The van der Waals surface area contributed by atoms with E-state index in [0.717, 1.165) is 21.5 Å². The van der Waals surface area contributed by atoms with E-state index in [1.807, 2.05) is 61.5 Å². The molecule has 5 aromatic carbocycles. The number of ketones is 1. The summed E-state index contributed by atoms with van der Waals surface area (Å²) >= 11 is 0. The number of non-ortho nitro benzene ring substituents is 1. The van der Waals surface area contributed by atoms with Gasteiger partial charge in [0, 0.05) is 12.1 Å². The minimum Gasteiger partial charge on any atom is -0.422 e. The zero-order chi connectivity index (χ0) is 28.8. The lowest BCUT2D eigenvalue weighted by Gasteiger charge is -2.27. The molecule has 0 aliphatic carbocycles. The molecule has 0 saturated heterocycles. The first kappa shape index (κ1) is 27.6. The van der Waals surface area contributed by atoms with E-state index in [1.165, 1.54) is 24.3 Å². The number of hydrogen-bond donors (Lipinski definition) is 0. The van der Waals surface area contributed by atoms with Gasteiger partial charge in [-0.2, -0.15) is 0 Å². The van der Waals surface area contributed by atoms with Gasteiger partial charge in [-0.25, -0.2) is 4.79 Å². The summed E-state index contributed by atoms with van der Waals surface area (Å²) in [6, 6.07) is 40.6. The van der Waals surface area contributed by atoms with E-state index in [2.05, 4.69) is 36.4 Å². The number of nitrogens with zero attached hydrogens (tertiary/aromatic N) is 1. The molecule has 0 saturated carbocycles. The minimum atomic E-state index is -2.47. The molecule has 0 bridgehead atoms. The van der Waals surface area contributed by atoms with E-state index in [0.29, 0.717) is 5.56 Å². The number of ether oxygens (including phenoxy) is 1. The van der Waals surface area contributed by atoms with Crippen LogP contribution in [0, 0.1) is 17.0 Å². The molecule has 0 aliphatic rings. The molecule has 202 valence electrons. The summed E-state index contributed by atoms with van der Waals surface area (Å²) in [5.41, 5.74) is 1.18. The van der Waals surface area contributed by atoms with Crippen molar-refractivity contribution in [3.8, 4) is 5.75 Å². The van der Waals surface area contributed by atoms with Gasteiger partial charge in [0.1, 0.15) is 35.1 Å². The van der Waals surface area contributed by atoms with Crippen molar-refractivity contribution >= 4 is 40.6 Å². The normalized spacial score (nSPS) is 11.0. The second-order valence-electron chi connectivity index (χ2n) is 9.59. The number of Topliss-reactive ketones (excluding diaryl/α,β-unsaturated/α-hetero) is 1. The number of rotatable bonds is 9. The Morgan fingerprint density at radius 1 is 0.707 bits per heavy atom. The number of esters is 1. The molecule has 0 fully saturated rings. The van der Waals surface area contributed by atoms with Crippen molar-refractivity contribution in [3.63, 3.8) is 0 Å². The zero-order valence-corrected chi connectivity index (χ0v) is 23.2. The average molecular weight is 561 g/mol. The maximum Gasteiger partial charge on any atom is 0.343 e. The molecule has 0 atom stereocenters. The van der Waals surface area contributed by atoms with Gasteiger partial charge in [0.2, 0.25) is 5.78 Å². The van der Waals surface area contributed by atoms with Gasteiger partial charge in [0.15, 0.2) is 0 Å². The topological polar surface area (TPSA) is 86.5 Å². The number of nitro benzene ring substituents is 1. The highest BCUT2D eigenvalue weighted by Crippen LogP contribution is 2.55. The van der Waals surface area contributed by atoms with Crippen LogP contribution < -0.4 is 20.7 Å². The highest BCUT2D eigenvalue weighted by molar-refractivity contribution is 7.96. The third kappa shape index (κ3) is 5.84. The fourth-order valence-electron chi connectivity index (χ4n) is 4.90. The molecule has 0 unspecified atom stereocenters. The Morgan fingerprint density at radius 2 is 1.20 bits per heavy atom. The smallest absolute Gasteiger partial charge is 0.343 e. The molecule has 0 radical (unpaired) electrons. The molecular weight excluding hydrogens is 533 g/mol. The van der Waals surface area contributed by atoms with Crippen LogP contribution in [0.15, 0.2) is 133 Å². The molecule has 5 aromatic rings. The Hall–Kier alpha value is -4.93. The first-order valence-corrected chi connectivity index (χ1v) is 15.0. The number of benzene rings is 5. The van der Waals surface area contributed by atoms with E-state index >= 15 is 0 Å². The van der Waals surface area contributed by atoms with E-state index in [1.54, 1.807) is 18.2 Å². The molecule has 5 rings (SSSR count). The predicted molar refractivity (Wildman–Crippen MR) is 164 cm³/mol. The lowest BCUT2D eigenvalue weighted by Crippen LogP contribution is -2.35. The number of carbonyl (C=O) groups excluding carboxylic acids is 2. The van der Waals surface area contributed by atoms with Crippen molar-refractivity contribution < 1.29 is 19.2 Å². The first-order valence-electron chi connectivity index (χ1n) is 13.0. The summed E-state index contributed by atoms with van der Waals surface area (Å²) in [6.45, 7) is 1.88. The number of hydrogen-bond acceptors (Lipinski definition) is 5. The minimum absolute atomic E-state index is 0.129. The highest BCUT2D eigenvalue weighted by atomic mass is 31.2. The van der Waals surface area contributed by atoms with E-state index in [4.69, 9.17) is 4.74 Å². The zero-order valence-electron chi connectivity index (χ0n) is 22.3. The summed E-state index contributed by atoms with van der Waals surface area (Å²) in [4.78, 5) is 37.8. The van der Waals surface area contributed by atoms with E-state index in [9.17, 15) is 19.7 Å². The lowest BCUT2D eigenvalue weighted by atomic mass is 10.1. The molecule has 0 aliphatic heterocycles. The van der Waals surface area contributed by atoms with Crippen molar-refractivity contribution in [2.75, 3.05) is 6.16 Å². The van der Waals surface area contributed by atoms with Gasteiger partial charge < -0.3 is 4.74 Å². The van der Waals surface area contributed by atoms with Crippen LogP contribution in [0.1, 0.15) is 26.3 Å². The van der Waals surface area contributed by atoms with Crippen molar-refractivity contribution in [2.24, 2.45) is 0 Å². The molecule has 6 nitrogen and oxygen atoms in total. The first-order chi connectivity index (χ1) is 19.9. The van der Waals surface area contributed by atoms with Gasteiger partial charge in [0.25, 0.3) is 5.69 Å². The Labute approximate surface area is 238 Å². The molecule has 7 heteroatoms. The second-order valence-corrected chi connectivity index (χ2v) is 13.1. The lowest BCUT2D eigenvalue weighted by molar-refractivity contribution is -0.384. The third-order valence-corrected chi connectivity index (χ3v) is 11.2. The number of aryl methyl sites for hydroxylation is 1. The molecule has 0 aromatic heterocycles. The van der Waals surface area contributed by atoms with Crippen LogP contribution in [-0.2, 0) is 0 Å². The van der Waals surface area contributed by atoms with E-state index in [-0.39, 0.29) is 28.9 Å². The maximum absolute atomic E-state index is 14.4. The fourth-order valence-corrected chi connectivity index (χ4v) is 8.98. The Kier molecular flexibility index (Phi) is 8.14.